The van der Waals surface area contributed by atoms with Gasteiger partial charge in [0.15, 0.2) is 0 Å². The maximum atomic E-state index is 4.40. The van der Waals surface area contributed by atoms with Gasteiger partial charge in [-0.2, -0.15) is 0 Å². The molecular weight excluding hydrogens is 196 g/mol. The topological polar surface area (TPSA) is 0 Å². The molecule has 0 atom stereocenters. The summed E-state index contributed by atoms with van der Waals surface area (Å²) in [6.45, 7) is 13.8. The molecule has 0 aromatic heterocycles. The van der Waals surface area contributed by atoms with Gasteiger partial charge in [0.2, 0.25) is 0 Å². The summed E-state index contributed by atoms with van der Waals surface area (Å²) in [5, 5.41) is 1.64. The predicted octanol–water partition coefficient (Wildman–Crippen LogP) is 5.56. The molecule has 0 aromatic carbocycles. The van der Waals surface area contributed by atoms with Crippen LogP contribution in [0.1, 0.15) is 59.8 Å². The van der Waals surface area contributed by atoms with Crippen LogP contribution in [0.25, 0.3) is 0 Å². The molecule has 0 saturated heterocycles. The summed E-state index contributed by atoms with van der Waals surface area (Å²) in [5.41, 5.74) is 0. The first-order valence-corrected chi connectivity index (χ1v) is 9.47. The Morgan fingerprint density at radius 1 is 0.867 bits per heavy atom. The Bertz CT molecular complexity index is 160. The Labute approximate surface area is 98.2 Å². The summed E-state index contributed by atoms with van der Waals surface area (Å²) < 4.78 is 0. The molecule has 15 heavy (non-hydrogen) atoms. The van der Waals surface area contributed by atoms with Crippen LogP contribution in [0.2, 0.25) is 18.1 Å². The number of allylic oxidation sites excluding steroid dienone is 1. The lowest BCUT2D eigenvalue weighted by Gasteiger charge is -2.30. The second-order valence-electron chi connectivity index (χ2n) is 4.76. The summed E-state index contributed by atoms with van der Waals surface area (Å²) in [6, 6.07) is 4.19. The van der Waals surface area contributed by atoms with Crippen LogP contribution in [0.5, 0.6) is 0 Å². The Balaban J connectivity index is 4.04. The molecule has 0 unspecified atom stereocenters. The zero-order valence-electron chi connectivity index (χ0n) is 11.4. The highest BCUT2D eigenvalue weighted by Crippen LogP contribution is 2.30. The molecule has 1 heteroatoms. The van der Waals surface area contributed by atoms with Gasteiger partial charge in [-0.25, -0.2) is 0 Å². The largest absolute Gasteiger partial charge is 0.104 e. The molecule has 0 aliphatic carbocycles. The monoisotopic (exact) mass is 226 g/mol. The number of unbranched alkanes of at least 4 members (excludes halogenated alkanes) is 3. The van der Waals surface area contributed by atoms with E-state index in [4.69, 9.17) is 0 Å². The molecule has 0 heterocycles. The average Bonchev–Trinajstić information content (AvgIpc) is 2.28. The van der Waals surface area contributed by atoms with Gasteiger partial charge in [0, 0.05) is 0 Å². The van der Waals surface area contributed by atoms with Crippen LogP contribution in [-0.4, -0.2) is 8.07 Å². The number of hydrogen-bond acceptors (Lipinski definition) is 0. The van der Waals surface area contributed by atoms with Gasteiger partial charge in [0.1, 0.15) is 0 Å². The quantitative estimate of drug-likeness (QED) is 0.356. The molecular formula is C14H30Si. The average molecular weight is 226 g/mol. The molecule has 0 aromatic rings. The van der Waals surface area contributed by atoms with Gasteiger partial charge in [0.05, 0.1) is 8.07 Å². The molecule has 0 aliphatic heterocycles. The van der Waals surface area contributed by atoms with Crippen molar-refractivity contribution in [2.24, 2.45) is 0 Å². The van der Waals surface area contributed by atoms with Crippen LogP contribution < -0.4 is 0 Å². The third-order valence-electron chi connectivity index (χ3n) is 4.11. The molecule has 0 radical (unpaired) electrons. The van der Waals surface area contributed by atoms with E-state index in [1.165, 1.54) is 50.2 Å². The first-order valence-electron chi connectivity index (χ1n) is 6.85. The maximum absolute atomic E-state index is 4.40. The first-order chi connectivity index (χ1) is 7.16. The van der Waals surface area contributed by atoms with Crippen LogP contribution in [0.3, 0.4) is 0 Å². The Morgan fingerprint density at radius 2 is 1.40 bits per heavy atom. The smallest absolute Gasteiger partial charge is 0.0799 e. The molecule has 0 rings (SSSR count). The van der Waals surface area contributed by atoms with E-state index in [0.29, 0.717) is 0 Å². The minimum absolute atomic E-state index is 1.08. The highest BCUT2D eigenvalue weighted by atomic mass is 28.3. The van der Waals surface area contributed by atoms with E-state index in [1.54, 1.807) is 5.20 Å². The minimum atomic E-state index is -1.08. The third-order valence-corrected chi connectivity index (χ3v) is 9.92. The first kappa shape index (κ1) is 15.0. The molecule has 0 nitrogen and oxygen atoms in total. The van der Waals surface area contributed by atoms with Crippen molar-refractivity contribution in [3.63, 3.8) is 0 Å². The van der Waals surface area contributed by atoms with E-state index in [1.807, 2.05) is 0 Å². The Kier molecular flexibility index (Phi) is 8.13. The van der Waals surface area contributed by atoms with E-state index in [0.717, 1.165) is 0 Å². The molecule has 90 valence electrons. The van der Waals surface area contributed by atoms with E-state index >= 15 is 0 Å². The van der Waals surface area contributed by atoms with Crippen molar-refractivity contribution in [3.8, 4) is 0 Å². The second kappa shape index (κ2) is 8.15. The maximum Gasteiger partial charge on any atom is 0.0799 e. The van der Waals surface area contributed by atoms with E-state index < -0.39 is 8.07 Å². The molecule has 0 bridgehead atoms. The SMILES string of the molecule is C=C(CCCCCC)[Si](CC)(CC)CC. The molecule has 0 amide bonds. The van der Waals surface area contributed by atoms with Crippen molar-refractivity contribution in [2.45, 2.75) is 77.9 Å². The summed E-state index contributed by atoms with van der Waals surface area (Å²) in [7, 11) is -1.08. The van der Waals surface area contributed by atoms with Crippen LogP contribution in [0, 0.1) is 0 Å². The third kappa shape index (κ3) is 4.54. The predicted molar refractivity (Wildman–Crippen MR) is 75.1 cm³/mol. The molecule has 0 saturated carbocycles. The van der Waals surface area contributed by atoms with E-state index in [-0.39, 0.29) is 0 Å². The lowest BCUT2D eigenvalue weighted by Crippen LogP contribution is -2.34. The molecule has 0 aliphatic rings. The highest BCUT2D eigenvalue weighted by molar-refractivity contribution is 6.86. The fourth-order valence-electron chi connectivity index (χ4n) is 2.53. The molecule has 0 N–H and O–H groups in total. The summed E-state index contributed by atoms with van der Waals surface area (Å²) in [6.07, 6.45) is 6.82. The fraction of sp³-hybridized carbons (Fsp3) is 0.857. The van der Waals surface area contributed by atoms with Gasteiger partial charge in [-0.1, -0.05) is 70.3 Å². The van der Waals surface area contributed by atoms with Gasteiger partial charge in [-0.3, -0.25) is 0 Å². The van der Waals surface area contributed by atoms with Crippen LogP contribution in [0.4, 0.5) is 0 Å². The minimum Gasteiger partial charge on any atom is -0.104 e. The zero-order valence-corrected chi connectivity index (χ0v) is 12.4. The van der Waals surface area contributed by atoms with Crippen molar-refractivity contribution < 1.29 is 0 Å². The second-order valence-corrected chi connectivity index (χ2v) is 10.1. The van der Waals surface area contributed by atoms with Gasteiger partial charge >= 0.3 is 0 Å². The van der Waals surface area contributed by atoms with E-state index in [2.05, 4.69) is 34.3 Å². The van der Waals surface area contributed by atoms with E-state index in [9.17, 15) is 0 Å². The Hall–Kier alpha value is -0.0431. The Morgan fingerprint density at radius 3 is 1.80 bits per heavy atom. The fourth-order valence-corrected chi connectivity index (χ4v) is 6.24. The highest BCUT2D eigenvalue weighted by Gasteiger charge is 2.29. The van der Waals surface area contributed by atoms with Crippen molar-refractivity contribution in [1.82, 2.24) is 0 Å². The lowest BCUT2D eigenvalue weighted by atomic mass is 10.1. The van der Waals surface area contributed by atoms with Gasteiger partial charge in [0.25, 0.3) is 0 Å². The van der Waals surface area contributed by atoms with Gasteiger partial charge in [-0.15, -0.1) is 6.58 Å². The number of rotatable bonds is 9. The lowest BCUT2D eigenvalue weighted by molar-refractivity contribution is 0.669. The number of hydrogen-bond donors (Lipinski definition) is 0. The molecule has 0 spiro atoms. The summed E-state index contributed by atoms with van der Waals surface area (Å²) in [4.78, 5) is 0. The van der Waals surface area contributed by atoms with Gasteiger partial charge in [-0.05, 0) is 12.8 Å². The van der Waals surface area contributed by atoms with Crippen molar-refractivity contribution in [1.29, 1.82) is 0 Å². The normalized spacial score (nSPS) is 11.7. The van der Waals surface area contributed by atoms with Crippen molar-refractivity contribution in [3.05, 3.63) is 11.8 Å². The zero-order chi connectivity index (χ0) is 11.7. The van der Waals surface area contributed by atoms with Gasteiger partial charge < -0.3 is 0 Å². The van der Waals surface area contributed by atoms with Crippen molar-refractivity contribution >= 4 is 8.07 Å². The summed E-state index contributed by atoms with van der Waals surface area (Å²) in [5.74, 6) is 0. The standard InChI is InChI=1S/C14H30Si/c1-6-10-11-12-13-14(5)15(7-2,8-3)9-4/h5-13H2,1-4H3. The van der Waals surface area contributed by atoms with Crippen LogP contribution in [-0.2, 0) is 0 Å². The summed E-state index contributed by atoms with van der Waals surface area (Å²) >= 11 is 0. The molecule has 0 fully saturated rings. The van der Waals surface area contributed by atoms with Crippen LogP contribution in [0.15, 0.2) is 11.8 Å². The van der Waals surface area contributed by atoms with Crippen molar-refractivity contribution in [2.75, 3.05) is 0 Å². The van der Waals surface area contributed by atoms with Crippen LogP contribution >= 0.6 is 0 Å².